The van der Waals surface area contributed by atoms with Gasteiger partial charge in [-0.25, -0.2) is 0 Å². The zero-order chi connectivity index (χ0) is 9.19. The molecule has 6 heteroatoms. The molecule has 0 atom stereocenters. The van der Waals surface area contributed by atoms with E-state index in [9.17, 15) is 18.0 Å². The van der Waals surface area contributed by atoms with Crippen LogP contribution in [0.15, 0.2) is 16.8 Å². The standard InChI is InChI=1S/C6H4F3NOS/c7-6(8,9)5(11)10-4-1-2-12-3-4/h1-3H,(H,10,11). The van der Waals surface area contributed by atoms with E-state index in [0.717, 1.165) is 0 Å². The summed E-state index contributed by atoms with van der Waals surface area (Å²) >= 11 is 1.21. The van der Waals surface area contributed by atoms with Gasteiger partial charge in [-0.05, 0) is 11.4 Å². The Kier molecular flexibility index (Phi) is 2.37. The number of halogens is 3. The van der Waals surface area contributed by atoms with Crippen LogP contribution in [0.2, 0.25) is 0 Å². The van der Waals surface area contributed by atoms with E-state index in [1.165, 1.54) is 22.8 Å². The molecule has 0 bridgehead atoms. The van der Waals surface area contributed by atoms with Crippen LogP contribution in [0.5, 0.6) is 0 Å². The van der Waals surface area contributed by atoms with Gasteiger partial charge in [0.25, 0.3) is 0 Å². The van der Waals surface area contributed by atoms with Gasteiger partial charge in [-0.15, -0.1) is 0 Å². The lowest BCUT2D eigenvalue weighted by molar-refractivity contribution is -0.167. The quantitative estimate of drug-likeness (QED) is 0.731. The Morgan fingerprint density at radius 2 is 2.17 bits per heavy atom. The number of anilines is 1. The van der Waals surface area contributed by atoms with Crippen LogP contribution in [0, 0.1) is 0 Å². The van der Waals surface area contributed by atoms with Gasteiger partial charge in [0.05, 0.1) is 5.69 Å². The van der Waals surface area contributed by atoms with Gasteiger partial charge in [-0.2, -0.15) is 24.5 Å². The van der Waals surface area contributed by atoms with Crippen LogP contribution < -0.4 is 5.32 Å². The fraction of sp³-hybridized carbons (Fsp3) is 0.167. The van der Waals surface area contributed by atoms with Gasteiger partial charge in [-0.1, -0.05) is 0 Å². The second-order valence-electron chi connectivity index (χ2n) is 1.96. The molecule has 0 aliphatic rings. The first-order valence-corrected chi connectivity index (χ1v) is 3.85. The predicted molar refractivity (Wildman–Crippen MR) is 39.0 cm³/mol. The molecule has 1 amide bonds. The highest BCUT2D eigenvalue weighted by molar-refractivity contribution is 7.08. The molecule has 1 rings (SSSR count). The van der Waals surface area contributed by atoms with Crippen LogP contribution in [-0.2, 0) is 4.79 Å². The van der Waals surface area contributed by atoms with Crippen molar-refractivity contribution in [1.82, 2.24) is 0 Å². The third kappa shape index (κ3) is 2.23. The fourth-order valence-corrected chi connectivity index (χ4v) is 1.13. The molecule has 0 aliphatic carbocycles. The first-order chi connectivity index (χ1) is 5.50. The lowest BCUT2D eigenvalue weighted by Gasteiger charge is -2.04. The average Bonchev–Trinajstić information content (AvgIpc) is 2.37. The number of amides is 1. The largest absolute Gasteiger partial charge is 0.471 e. The minimum atomic E-state index is -4.82. The summed E-state index contributed by atoms with van der Waals surface area (Å²) in [5.41, 5.74) is 0.169. The number of hydrogen-bond donors (Lipinski definition) is 1. The van der Waals surface area contributed by atoms with Crippen molar-refractivity contribution in [2.75, 3.05) is 5.32 Å². The van der Waals surface area contributed by atoms with E-state index in [0.29, 0.717) is 0 Å². The minimum Gasteiger partial charge on any atom is -0.317 e. The first-order valence-electron chi connectivity index (χ1n) is 2.90. The fourth-order valence-electron chi connectivity index (χ4n) is 0.538. The summed E-state index contributed by atoms with van der Waals surface area (Å²) in [6.45, 7) is 0. The first kappa shape index (κ1) is 9.05. The molecule has 0 unspecified atom stereocenters. The molecule has 1 heterocycles. The molecule has 0 spiro atoms. The number of nitrogens with one attached hydrogen (secondary N) is 1. The Morgan fingerprint density at radius 1 is 1.50 bits per heavy atom. The van der Waals surface area contributed by atoms with Gasteiger partial charge in [0, 0.05) is 5.38 Å². The highest BCUT2D eigenvalue weighted by Gasteiger charge is 2.38. The minimum absolute atomic E-state index is 0.169. The molecule has 66 valence electrons. The van der Waals surface area contributed by atoms with Crippen LogP contribution in [-0.4, -0.2) is 12.1 Å². The van der Waals surface area contributed by atoms with Gasteiger partial charge >= 0.3 is 12.1 Å². The van der Waals surface area contributed by atoms with E-state index in [2.05, 4.69) is 0 Å². The summed E-state index contributed by atoms with van der Waals surface area (Å²) < 4.78 is 34.9. The number of thiophene rings is 1. The lowest BCUT2D eigenvalue weighted by Crippen LogP contribution is -2.29. The predicted octanol–water partition coefficient (Wildman–Crippen LogP) is 2.25. The summed E-state index contributed by atoms with van der Waals surface area (Å²) in [6.07, 6.45) is -4.82. The molecule has 0 saturated carbocycles. The van der Waals surface area contributed by atoms with Crippen molar-refractivity contribution in [2.24, 2.45) is 0 Å². The van der Waals surface area contributed by atoms with Crippen molar-refractivity contribution in [3.8, 4) is 0 Å². The van der Waals surface area contributed by atoms with E-state index in [-0.39, 0.29) is 5.69 Å². The van der Waals surface area contributed by atoms with Crippen LogP contribution in [0.4, 0.5) is 18.9 Å². The second-order valence-corrected chi connectivity index (χ2v) is 2.74. The van der Waals surface area contributed by atoms with Gasteiger partial charge in [0.15, 0.2) is 0 Å². The lowest BCUT2D eigenvalue weighted by atomic mass is 10.5. The third-order valence-electron chi connectivity index (χ3n) is 1.04. The molecule has 1 N–H and O–H groups in total. The summed E-state index contributed by atoms with van der Waals surface area (Å²) in [6, 6.07) is 1.40. The third-order valence-corrected chi connectivity index (χ3v) is 1.72. The molecule has 0 aliphatic heterocycles. The molecule has 1 aromatic rings. The maximum absolute atomic E-state index is 11.6. The Bertz CT molecular complexity index is 267. The molecule has 0 aromatic carbocycles. The Hall–Kier alpha value is -1.04. The van der Waals surface area contributed by atoms with Crippen molar-refractivity contribution >= 4 is 22.9 Å². The highest BCUT2D eigenvalue weighted by atomic mass is 32.1. The van der Waals surface area contributed by atoms with Gasteiger partial charge in [0.1, 0.15) is 0 Å². The van der Waals surface area contributed by atoms with E-state index in [4.69, 9.17) is 0 Å². The molecular weight excluding hydrogens is 191 g/mol. The molecule has 2 nitrogen and oxygen atoms in total. The van der Waals surface area contributed by atoms with E-state index in [1.54, 1.807) is 10.7 Å². The monoisotopic (exact) mass is 195 g/mol. The van der Waals surface area contributed by atoms with Crippen molar-refractivity contribution < 1.29 is 18.0 Å². The Balaban J connectivity index is 2.60. The Labute approximate surface area is 70.0 Å². The summed E-state index contributed by atoms with van der Waals surface area (Å²) in [4.78, 5) is 10.3. The van der Waals surface area contributed by atoms with Crippen molar-refractivity contribution in [2.45, 2.75) is 6.18 Å². The van der Waals surface area contributed by atoms with E-state index < -0.39 is 12.1 Å². The average molecular weight is 195 g/mol. The van der Waals surface area contributed by atoms with Gasteiger partial charge < -0.3 is 5.32 Å². The van der Waals surface area contributed by atoms with Crippen molar-refractivity contribution in [3.05, 3.63) is 16.8 Å². The van der Waals surface area contributed by atoms with Crippen LogP contribution in [0.25, 0.3) is 0 Å². The second kappa shape index (κ2) is 3.14. The molecular formula is C6H4F3NOS. The van der Waals surface area contributed by atoms with E-state index >= 15 is 0 Å². The zero-order valence-electron chi connectivity index (χ0n) is 5.68. The summed E-state index contributed by atoms with van der Waals surface area (Å²) in [5, 5.41) is 4.70. The maximum atomic E-state index is 11.6. The van der Waals surface area contributed by atoms with E-state index in [1.807, 2.05) is 0 Å². The SMILES string of the molecule is O=C(Nc1ccsc1)C(F)(F)F. The van der Waals surface area contributed by atoms with Crippen LogP contribution in [0.1, 0.15) is 0 Å². The van der Waals surface area contributed by atoms with Crippen molar-refractivity contribution in [3.63, 3.8) is 0 Å². The highest BCUT2D eigenvalue weighted by Crippen LogP contribution is 2.19. The number of hydrogen-bond acceptors (Lipinski definition) is 2. The summed E-state index contributed by atoms with van der Waals surface area (Å²) in [5.74, 6) is -1.94. The van der Waals surface area contributed by atoms with Gasteiger partial charge in [-0.3, -0.25) is 4.79 Å². The van der Waals surface area contributed by atoms with Crippen LogP contribution in [0.3, 0.4) is 0 Å². The smallest absolute Gasteiger partial charge is 0.317 e. The van der Waals surface area contributed by atoms with Gasteiger partial charge in [0.2, 0.25) is 0 Å². The normalized spacial score (nSPS) is 11.2. The molecule has 12 heavy (non-hydrogen) atoms. The number of carbonyl (C=O) groups excluding carboxylic acids is 1. The number of rotatable bonds is 1. The summed E-state index contributed by atoms with van der Waals surface area (Å²) in [7, 11) is 0. The topological polar surface area (TPSA) is 29.1 Å². The molecule has 0 saturated heterocycles. The Morgan fingerprint density at radius 3 is 2.58 bits per heavy atom. The number of carbonyl (C=O) groups is 1. The molecule has 0 radical (unpaired) electrons. The molecule has 1 aromatic heterocycles. The van der Waals surface area contributed by atoms with Crippen molar-refractivity contribution in [1.29, 1.82) is 0 Å². The van der Waals surface area contributed by atoms with Crippen LogP contribution >= 0.6 is 11.3 Å². The molecule has 0 fully saturated rings. The zero-order valence-corrected chi connectivity index (χ0v) is 6.50. The maximum Gasteiger partial charge on any atom is 0.471 e. The number of alkyl halides is 3.